The van der Waals surface area contributed by atoms with E-state index in [0.29, 0.717) is 19.6 Å². The lowest BCUT2D eigenvalue weighted by molar-refractivity contribution is 0.147. The molecule has 0 aliphatic rings. The lowest BCUT2D eigenvalue weighted by atomic mass is 10.4. The van der Waals surface area contributed by atoms with Crippen LogP contribution in [0.25, 0.3) is 0 Å². The summed E-state index contributed by atoms with van der Waals surface area (Å²) in [6.45, 7) is 0.853. The Labute approximate surface area is 71.0 Å². The van der Waals surface area contributed by atoms with E-state index in [0.717, 1.165) is 0 Å². The number of nitrogens with two attached hydrogens (primary N) is 1. The van der Waals surface area contributed by atoms with Crippen LogP contribution in [0.4, 0.5) is 4.79 Å². The van der Waals surface area contributed by atoms with Gasteiger partial charge in [0.25, 0.3) is 0 Å². The van der Waals surface area contributed by atoms with E-state index in [1.165, 1.54) is 7.05 Å². The lowest BCUT2D eigenvalue weighted by Crippen LogP contribution is -2.31. The van der Waals surface area contributed by atoms with Crippen molar-refractivity contribution in [3.8, 4) is 0 Å². The van der Waals surface area contributed by atoms with Gasteiger partial charge in [-0.2, -0.15) is 0 Å². The Bertz CT molecular complexity index is 160. The minimum absolute atomic E-state index is 0.0741. The number of carbonyl (C=O) groups excluding carboxylic acids is 1. The average Bonchev–Trinajstić information content (AvgIpc) is 2.03. The maximum atomic E-state index is 10.5. The van der Waals surface area contributed by atoms with Crippen molar-refractivity contribution in [2.24, 2.45) is 5.73 Å². The van der Waals surface area contributed by atoms with Crippen LogP contribution in [0.2, 0.25) is 0 Å². The first-order valence-electron chi connectivity index (χ1n) is 3.59. The minimum Gasteiger partial charge on any atom is -0.450 e. The van der Waals surface area contributed by atoms with Gasteiger partial charge in [0.15, 0.2) is 5.96 Å². The fourth-order valence-electron chi connectivity index (χ4n) is 0.532. The molecule has 0 rings (SSSR count). The number of guanidine groups is 1. The highest BCUT2D eigenvalue weighted by Gasteiger charge is 1.95. The molecule has 0 spiro atoms. The Hall–Kier alpha value is -1.46. The Balaban J connectivity index is 3.11. The van der Waals surface area contributed by atoms with Crippen LogP contribution in [0.3, 0.4) is 0 Å². The number of carbonyl (C=O) groups is 1. The Kier molecular flexibility index (Phi) is 5.50. The van der Waals surface area contributed by atoms with Gasteiger partial charge >= 0.3 is 6.09 Å². The van der Waals surface area contributed by atoms with Crippen molar-refractivity contribution in [2.75, 3.05) is 20.2 Å². The number of alkyl carbamates (subject to hydrolysis) is 1. The van der Waals surface area contributed by atoms with E-state index in [9.17, 15) is 4.79 Å². The lowest BCUT2D eigenvalue weighted by Gasteiger charge is -2.04. The molecule has 0 aliphatic heterocycles. The van der Waals surface area contributed by atoms with Crippen LogP contribution in [-0.2, 0) is 4.74 Å². The molecule has 12 heavy (non-hydrogen) atoms. The molecule has 0 unspecified atom stereocenters. The molecule has 0 bridgehead atoms. The van der Waals surface area contributed by atoms with Crippen molar-refractivity contribution in [1.82, 2.24) is 10.6 Å². The van der Waals surface area contributed by atoms with E-state index >= 15 is 0 Å². The molecule has 0 saturated heterocycles. The molecule has 0 fully saturated rings. The van der Waals surface area contributed by atoms with Gasteiger partial charge in [0.05, 0.1) is 6.61 Å². The summed E-state index contributed by atoms with van der Waals surface area (Å²) in [6, 6.07) is 0. The van der Waals surface area contributed by atoms with Gasteiger partial charge in [-0.3, -0.25) is 5.41 Å². The zero-order chi connectivity index (χ0) is 9.40. The molecule has 0 atom stereocenters. The molecule has 0 heterocycles. The third-order valence-corrected chi connectivity index (χ3v) is 1.07. The van der Waals surface area contributed by atoms with E-state index in [1.54, 1.807) is 0 Å². The molecule has 0 saturated carbocycles. The maximum Gasteiger partial charge on any atom is 0.406 e. The van der Waals surface area contributed by atoms with Gasteiger partial charge in [-0.25, -0.2) is 4.79 Å². The molecule has 70 valence electrons. The van der Waals surface area contributed by atoms with Crippen LogP contribution >= 0.6 is 0 Å². The normalized spacial score (nSPS) is 8.75. The number of hydrogen-bond acceptors (Lipinski definition) is 3. The van der Waals surface area contributed by atoms with Crippen molar-refractivity contribution < 1.29 is 9.53 Å². The van der Waals surface area contributed by atoms with Crippen LogP contribution in [0.1, 0.15) is 6.42 Å². The topological polar surface area (TPSA) is 100 Å². The third-order valence-electron chi connectivity index (χ3n) is 1.07. The number of rotatable bonds is 4. The largest absolute Gasteiger partial charge is 0.450 e. The highest BCUT2D eigenvalue weighted by atomic mass is 16.5. The van der Waals surface area contributed by atoms with Crippen LogP contribution in [0.15, 0.2) is 0 Å². The van der Waals surface area contributed by atoms with Crippen LogP contribution < -0.4 is 16.4 Å². The Morgan fingerprint density at radius 1 is 1.67 bits per heavy atom. The first kappa shape index (κ1) is 10.5. The number of hydrogen-bond donors (Lipinski definition) is 4. The summed E-state index contributed by atoms with van der Waals surface area (Å²) in [5.41, 5.74) is 5.01. The average molecular weight is 174 g/mol. The standard InChI is InChI=1S/C6H14N4O2/c1-9-6(11)12-4-2-3-10-5(7)8/h2-4H2,1H3,(H,9,11)(H4,7,8,10). The molecular weight excluding hydrogens is 160 g/mol. The van der Waals surface area contributed by atoms with Crippen molar-refractivity contribution in [1.29, 1.82) is 5.41 Å². The molecule has 6 heteroatoms. The van der Waals surface area contributed by atoms with Crippen molar-refractivity contribution in [2.45, 2.75) is 6.42 Å². The van der Waals surface area contributed by atoms with Crippen molar-refractivity contribution in [3.05, 3.63) is 0 Å². The van der Waals surface area contributed by atoms with Gasteiger partial charge in [0.1, 0.15) is 0 Å². The number of ether oxygens (including phenoxy) is 1. The molecule has 5 N–H and O–H groups in total. The molecule has 0 aliphatic carbocycles. The molecule has 0 aromatic heterocycles. The summed E-state index contributed by atoms with van der Waals surface area (Å²) >= 11 is 0. The summed E-state index contributed by atoms with van der Waals surface area (Å²) in [4.78, 5) is 10.5. The fourth-order valence-corrected chi connectivity index (χ4v) is 0.532. The first-order chi connectivity index (χ1) is 5.66. The smallest absolute Gasteiger partial charge is 0.406 e. The Morgan fingerprint density at radius 2 is 2.33 bits per heavy atom. The predicted molar refractivity (Wildman–Crippen MR) is 44.9 cm³/mol. The quantitative estimate of drug-likeness (QED) is 0.255. The number of nitrogens with one attached hydrogen (secondary N) is 3. The molecule has 1 amide bonds. The van der Waals surface area contributed by atoms with E-state index in [1.807, 2.05) is 0 Å². The molecule has 0 aromatic rings. The molecular formula is C6H14N4O2. The second-order valence-electron chi connectivity index (χ2n) is 2.08. The summed E-state index contributed by atoms with van der Waals surface area (Å²) in [5, 5.41) is 11.7. The summed E-state index contributed by atoms with van der Waals surface area (Å²) < 4.78 is 4.67. The fraction of sp³-hybridized carbons (Fsp3) is 0.667. The zero-order valence-corrected chi connectivity index (χ0v) is 7.02. The summed E-state index contributed by atoms with van der Waals surface area (Å²) in [5.74, 6) is -0.0741. The maximum absolute atomic E-state index is 10.5. The second kappa shape index (κ2) is 6.26. The van der Waals surface area contributed by atoms with Crippen LogP contribution in [0, 0.1) is 5.41 Å². The highest BCUT2D eigenvalue weighted by Crippen LogP contribution is 1.80. The SMILES string of the molecule is CNC(=O)OCCCNC(=N)N. The first-order valence-corrected chi connectivity index (χ1v) is 3.59. The third kappa shape index (κ3) is 6.66. The number of amides is 1. The highest BCUT2D eigenvalue weighted by molar-refractivity contribution is 5.74. The monoisotopic (exact) mass is 174 g/mol. The summed E-state index contributed by atoms with van der Waals surface area (Å²) in [7, 11) is 1.50. The molecule has 6 nitrogen and oxygen atoms in total. The van der Waals surface area contributed by atoms with Crippen LogP contribution in [0.5, 0.6) is 0 Å². The van der Waals surface area contributed by atoms with E-state index < -0.39 is 6.09 Å². The van der Waals surface area contributed by atoms with Gasteiger partial charge in [0, 0.05) is 13.6 Å². The van der Waals surface area contributed by atoms with E-state index in [2.05, 4.69) is 15.4 Å². The van der Waals surface area contributed by atoms with Crippen LogP contribution in [-0.4, -0.2) is 32.3 Å². The molecule has 0 radical (unpaired) electrons. The minimum atomic E-state index is -0.446. The van der Waals surface area contributed by atoms with Gasteiger partial charge in [-0.05, 0) is 6.42 Å². The molecule has 0 aromatic carbocycles. The second-order valence-corrected chi connectivity index (χ2v) is 2.08. The Morgan fingerprint density at radius 3 is 2.83 bits per heavy atom. The summed E-state index contributed by atoms with van der Waals surface area (Å²) in [6.07, 6.45) is 0.185. The van der Waals surface area contributed by atoms with Crippen molar-refractivity contribution in [3.63, 3.8) is 0 Å². The van der Waals surface area contributed by atoms with Gasteiger partial charge < -0.3 is 21.1 Å². The van der Waals surface area contributed by atoms with Gasteiger partial charge in [-0.15, -0.1) is 0 Å². The van der Waals surface area contributed by atoms with Crippen molar-refractivity contribution >= 4 is 12.1 Å². The van der Waals surface area contributed by atoms with Gasteiger partial charge in [-0.1, -0.05) is 0 Å². The predicted octanol–water partition coefficient (Wildman–Crippen LogP) is -0.784. The van der Waals surface area contributed by atoms with Gasteiger partial charge in [0.2, 0.25) is 0 Å². The zero-order valence-electron chi connectivity index (χ0n) is 7.02. The van der Waals surface area contributed by atoms with E-state index in [-0.39, 0.29) is 5.96 Å². The van der Waals surface area contributed by atoms with E-state index in [4.69, 9.17) is 11.1 Å².